The molecule has 0 aliphatic rings. The van der Waals surface area contributed by atoms with Gasteiger partial charge in [-0.3, -0.25) is 4.79 Å². The van der Waals surface area contributed by atoms with E-state index < -0.39 is 0 Å². The fourth-order valence-corrected chi connectivity index (χ4v) is 2.99. The lowest BCUT2D eigenvalue weighted by Gasteiger charge is -2.11. The minimum Gasteiger partial charge on any atom is -0.496 e. The predicted octanol–water partition coefficient (Wildman–Crippen LogP) is 3.27. The van der Waals surface area contributed by atoms with Gasteiger partial charge in [0.1, 0.15) is 10.6 Å². The Kier molecular flexibility index (Phi) is 5.06. The highest BCUT2D eigenvalue weighted by molar-refractivity contribution is 7.08. The molecule has 1 heterocycles. The number of benzene rings is 2. The van der Waals surface area contributed by atoms with Crippen LogP contribution in [0.2, 0.25) is 0 Å². The maximum absolute atomic E-state index is 12.2. The van der Waals surface area contributed by atoms with Gasteiger partial charge in [0.05, 0.1) is 19.4 Å². The van der Waals surface area contributed by atoms with Gasteiger partial charge >= 0.3 is 0 Å². The van der Waals surface area contributed by atoms with Gasteiger partial charge in [-0.25, -0.2) is 0 Å². The van der Waals surface area contributed by atoms with Crippen molar-refractivity contribution in [1.29, 1.82) is 0 Å². The number of carbonyl (C=O) groups excluding carboxylic acids is 1. The lowest BCUT2D eigenvalue weighted by atomic mass is 10.0. The molecule has 1 aromatic heterocycles. The molecule has 0 radical (unpaired) electrons. The quantitative estimate of drug-likeness (QED) is 0.734. The molecule has 25 heavy (non-hydrogen) atoms. The van der Waals surface area contributed by atoms with E-state index in [2.05, 4.69) is 14.9 Å². The highest BCUT2D eigenvalue weighted by Gasteiger charge is 2.13. The number of aryl methyl sites for hydroxylation is 1. The number of amides is 1. The molecule has 0 aliphatic heterocycles. The van der Waals surface area contributed by atoms with Crippen LogP contribution in [0.25, 0.3) is 11.1 Å². The topological polar surface area (TPSA) is 84.3 Å². The van der Waals surface area contributed by atoms with Crippen LogP contribution >= 0.6 is 11.5 Å². The van der Waals surface area contributed by atoms with E-state index in [1.54, 1.807) is 14.0 Å². The van der Waals surface area contributed by atoms with Gasteiger partial charge in [0.25, 0.3) is 5.91 Å². The standard InChI is InChI=1S/C18H17N3O3S/c1-11-17(25-21-20-11)18(23)19-14-6-4-13(5-7-14)15-9-12(10-22)3-8-16(15)24-2/h3-9,22H,10H2,1-2H3,(H,19,23). The molecule has 3 rings (SSSR count). The van der Waals surface area contributed by atoms with Crippen molar-refractivity contribution in [3.63, 3.8) is 0 Å². The smallest absolute Gasteiger partial charge is 0.269 e. The molecule has 0 aliphatic carbocycles. The van der Waals surface area contributed by atoms with Crippen molar-refractivity contribution in [1.82, 2.24) is 9.59 Å². The third kappa shape index (κ3) is 3.67. The maximum Gasteiger partial charge on any atom is 0.269 e. The summed E-state index contributed by atoms with van der Waals surface area (Å²) < 4.78 is 9.16. The number of carbonyl (C=O) groups is 1. The van der Waals surface area contributed by atoms with Gasteiger partial charge in [-0.2, -0.15) is 0 Å². The number of aromatic nitrogens is 2. The molecule has 0 saturated carbocycles. The fourth-order valence-electron chi connectivity index (χ4n) is 2.44. The lowest BCUT2D eigenvalue weighted by Crippen LogP contribution is -2.11. The first-order valence-corrected chi connectivity index (χ1v) is 8.38. The number of anilines is 1. The number of aliphatic hydroxyl groups excluding tert-OH is 1. The van der Waals surface area contributed by atoms with E-state index in [-0.39, 0.29) is 12.5 Å². The van der Waals surface area contributed by atoms with Crippen LogP contribution < -0.4 is 10.1 Å². The van der Waals surface area contributed by atoms with Crippen LogP contribution in [0.5, 0.6) is 5.75 Å². The van der Waals surface area contributed by atoms with E-state index in [1.807, 2.05) is 42.5 Å². The van der Waals surface area contributed by atoms with Crippen LogP contribution in [0.1, 0.15) is 20.9 Å². The zero-order chi connectivity index (χ0) is 17.8. The van der Waals surface area contributed by atoms with Crippen LogP contribution in [0.15, 0.2) is 42.5 Å². The van der Waals surface area contributed by atoms with Crippen molar-refractivity contribution in [3.8, 4) is 16.9 Å². The molecule has 0 spiro atoms. The molecule has 0 unspecified atom stereocenters. The molecule has 0 fully saturated rings. The average molecular weight is 355 g/mol. The summed E-state index contributed by atoms with van der Waals surface area (Å²) in [4.78, 5) is 12.7. The van der Waals surface area contributed by atoms with Crippen molar-refractivity contribution in [3.05, 3.63) is 58.6 Å². The van der Waals surface area contributed by atoms with Gasteiger partial charge in [0.2, 0.25) is 0 Å². The largest absolute Gasteiger partial charge is 0.496 e. The van der Waals surface area contributed by atoms with E-state index in [4.69, 9.17) is 4.74 Å². The molecule has 2 N–H and O–H groups in total. The predicted molar refractivity (Wildman–Crippen MR) is 97.0 cm³/mol. The molecule has 0 saturated heterocycles. The highest BCUT2D eigenvalue weighted by atomic mass is 32.1. The molecule has 0 atom stereocenters. The normalized spacial score (nSPS) is 10.5. The summed E-state index contributed by atoms with van der Waals surface area (Å²) in [6.07, 6.45) is 0. The summed E-state index contributed by atoms with van der Waals surface area (Å²) in [6.45, 7) is 1.72. The number of nitrogens with one attached hydrogen (secondary N) is 1. The van der Waals surface area contributed by atoms with Gasteiger partial charge in [-0.1, -0.05) is 22.7 Å². The molecule has 3 aromatic rings. The first kappa shape index (κ1) is 17.1. The summed E-state index contributed by atoms with van der Waals surface area (Å²) >= 11 is 1.07. The Morgan fingerprint density at radius 1 is 1.24 bits per heavy atom. The van der Waals surface area contributed by atoms with E-state index in [0.29, 0.717) is 16.3 Å². The number of rotatable bonds is 5. The van der Waals surface area contributed by atoms with E-state index in [0.717, 1.165) is 34.0 Å². The highest BCUT2D eigenvalue weighted by Crippen LogP contribution is 2.31. The molecule has 6 nitrogen and oxygen atoms in total. The van der Waals surface area contributed by atoms with Crippen molar-refractivity contribution in [2.75, 3.05) is 12.4 Å². The van der Waals surface area contributed by atoms with Crippen LogP contribution in [-0.4, -0.2) is 27.7 Å². The molecule has 0 bridgehead atoms. The summed E-state index contributed by atoms with van der Waals surface area (Å²) in [5.74, 6) is 0.500. The molecule has 7 heteroatoms. The molecular weight excluding hydrogens is 338 g/mol. The van der Waals surface area contributed by atoms with Gasteiger partial charge in [0, 0.05) is 11.3 Å². The Bertz CT molecular complexity index is 891. The minimum absolute atomic E-state index is 0.0344. The van der Waals surface area contributed by atoms with E-state index >= 15 is 0 Å². The van der Waals surface area contributed by atoms with Crippen LogP contribution in [0, 0.1) is 6.92 Å². The molecule has 2 aromatic carbocycles. The molecule has 128 valence electrons. The summed E-state index contributed by atoms with van der Waals surface area (Å²) in [6, 6.07) is 13.0. The second-order valence-corrected chi connectivity index (χ2v) is 6.17. The second-order valence-electron chi connectivity index (χ2n) is 5.41. The Morgan fingerprint density at radius 3 is 2.60 bits per heavy atom. The number of nitrogens with zero attached hydrogens (tertiary/aromatic N) is 2. The van der Waals surface area contributed by atoms with Gasteiger partial charge in [0.15, 0.2) is 0 Å². The Morgan fingerprint density at radius 2 is 2.00 bits per heavy atom. The third-order valence-electron chi connectivity index (χ3n) is 3.76. The maximum atomic E-state index is 12.2. The average Bonchev–Trinajstić information content (AvgIpc) is 3.08. The summed E-state index contributed by atoms with van der Waals surface area (Å²) in [7, 11) is 1.61. The van der Waals surface area contributed by atoms with Crippen LogP contribution in [0.3, 0.4) is 0 Å². The van der Waals surface area contributed by atoms with Crippen LogP contribution in [-0.2, 0) is 6.61 Å². The van der Waals surface area contributed by atoms with E-state index in [1.165, 1.54) is 0 Å². The fraction of sp³-hybridized carbons (Fsp3) is 0.167. The first-order chi connectivity index (χ1) is 12.1. The SMILES string of the molecule is COc1ccc(CO)cc1-c1ccc(NC(=O)c2snnc2C)cc1. The monoisotopic (exact) mass is 355 g/mol. The Labute approximate surface area is 149 Å². The number of methoxy groups -OCH3 is 1. The van der Waals surface area contributed by atoms with Crippen molar-refractivity contribution in [2.45, 2.75) is 13.5 Å². The number of hydrogen-bond acceptors (Lipinski definition) is 6. The van der Waals surface area contributed by atoms with E-state index in [9.17, 15) is 9.90 Å². The molecule has 1 amide bonds. The first-order valence-electron chi connectivity index (χ1n) is 7.61. The Hall–Kier alpha value is -2.77. The zero-order valence-corrected chi connectivity index (χ0v) is 14.6. The molecular formula is C18H17N3O3S. The minimum atomic E-state index is -0.222. The van der Waals surface area contributed by atoms with Crippen LogP contribution in [0.4, 0.5) is 5.69 Å². The third-order valence-corrected chi connectivity index (χ3v) is 4.58. The van der Waals surface area contributed by atoms with Gasteiger partial charge in [-0.05, 0) is 53.8 Å². The number of ether oxygens (including phenoxy) is 1. The van der Waals surface area contributed by atoms with Crippen molar-refractivity contribution < 1.29 is 14.6 Å². The summed E-state index contributed by atoms with van der Waals surface area (Å²) in [5, 5.41) is 16.0. The summed E-state index contributed by atoms with van der Waals surface area (Å²) in [5.41, 5.74) is 3.92. The second kappa shape index (κ2) is 7.42. The van der Waals surface area contributed by atoms with Gasteiger partial charge < -0.3 is 15.2 Å². The van der Waals surface area contributed by atoms with Crippen molar-refractivity contribution >= 4 is 23.1 Å². The number of hydrogen-bond donors (Lipinski definition) is 2. The number of aliphatic hydroxyl groups is 1. The lowest BCUT2D eigenvalue weighted by molar-refractivity contribution is 0.103. The zero-order valence-electron chi connectivity index (χ0n) is 13.8. The van der Waals surface area contributed by atoms with Gasteiger partial charge in [-0.15, -0.1) is 5.10 Å². The van der Waals surface area contributed by atoms with Crippen molar-refractivity contribution in [2.24, 2.45) is 0 Å². The Balaban J connectivity index is 1.83.